The number of hydrogen-bond acceptors (Lipinski definition) is 5. The van der Waals surface area contributed by atoms with Crippen molar-refractivity contribution in [3.05, 3.63) is 24.3 Å². The largest absolute Gasteiger partial charge is 0.381 e. The molecule has 3 rings (SSSR count). The molecular weight excluding hydrogens is 226 g/mol. The van der Waals surface area contributed by atoms with Crippen LogP contribution in [-0.2, 0) is 0 Å². The van der Waals surface area contributed by atoms with Crippen LogP contribution in [0.2, 0.25) is 0 Å². The maximum atomic E-state index is 6.01. The average Bonchev–Trinajstić information content (AvgIpc) is 2.86. The molecular formula is C13H17N5. The lowest BCUT2D eigenvalue weighted by Gasteiger charge is -2.18. The van der Waals surface area contributed by atoms with Crippen LogP contribution in [-0.4, -0.2) is 29.6 Å². The maximum Gasteiger partial charge on any atom is 0.172 e. The van der Waals surface area contributed by atoms with E-state index in [4.69, 9.17) is 11.5 Å². The lowest BCUT2D eigenvalue weighted by atomic mass is 10.1. The van der Waals surface area contributed by atoms with Gasteiger partial charge in [0.2, 0.25) is 0 Å². The van der Waals surface area contributed by atoms with Crippen LogP contribution in [0.4, 0.5) is 11.6 Å². The van der Waals surface area contributed by atoms with Gasteiger partial charge in [0.25, 0.3) is 0 Å². The molecule has 0 bridgehead atoms. The number of nitrogen functional groups attached to an aromatic ring is 1. The molecule has 0 amide bonds. The van der Waals surface area contributed by atoms with Crippen molar-refractivity contribution in [2.75, 3.05) is 30.3 Å². The molecule has 1 aliphatic rings. The molecule has 1 aromatic carbocycles. The van der Waals surface area contributed by atoms with Gasteiger partial charge in [0.05, 0.1) is 11.0 Å². The Morgan fingerprint density at radius 3 is 2.61 bits per heavy atom. The Balaban J connectivity index is 1.99. The van der Waals surface area contributed by atoms with Crippen LogP contribution in [0.5, 0.6) is 0 Å². The van der Waals surface area contributed by atoms with Crippen molar-refractivity contribution in [2.45, 2.75) is 6.42 Å². The molecule has 5 heteroatoms. The third-order valence-corrected chi connectivity index (χ3v) is 3.50. The first kappa shape index (κ1) is 11.2. The van der Waals surface area contributed by atoms with Gasteiger partial charge in [0, 0.05) is 13.1 Å². The second-order valence-electron chi connectivity index (χ2n) is 4.76. The Morgan fingerprint density at radius 2 is 1.94 bits per heavy atom. The van der Waals surface area contributed by atoms with Gasteiger partial charge in [0.1, 0.15) is 0 Å². The minimum Gasteiger partial charge on any atom is -0.381 e. The van der Waals surface area contributed by atoms with Crippen LogP contribution >= 0.6 is 0 Å². The normalized spacial score (nSPS) is 19.6. The van der Waals surface area contributed by atoms with Crippen molar-refractivity contribution < 1.29 is 0 Å². The molecule has 0 radical (unpaired) electrons. The highest BCUT2D eigenvalue weighted by Crippen LogP contribution is 2.27. The molecule has 0 aliphatic carbocycles. The molecule has 1 aromatic heterocycles. The first-order valence-electron chi connectivity index (χ1n) is 6.25. The van der Waals surface area contributed by atoms with Gasteiger partial charge in [-0.3, -0.25) is 0 Å². The summed E-state index contributed by atoms with van der Waals surface area (Å²) in [6.45, 7) is 2.60. The zero-order valence-electron chi connectivity index (χ0n) is 10.2. The van der Waals surface area contributed by atoms with E-state index in [1.807, 2.05) is 24.3 Å². The van der Waals surface area contributed by atoms with E-state index in [1.165, 1.54) is 0 Å². The van der Waals surface area contributed by atoms with Gasteiger partial charge in [-0.15, -0.1) is 0 Å². The number of nitrogens with two attached hydrogens (primary N) is 2. The molecule has 1 saturated heterocycles. The molecule has 18 heavy (non-hydrogen) atoms. The summed E-state index contributed by atoms with van der Waals surface area (Å²) in [6.07, 6.45) is 1.10. The van der Waals surface area contributed by atoms with Gasteiger partial charge in [-0.25, -0.2) is 9.97 Å². The van der Waals surface area contributed by atoms with E-state index in [9.17, 15) is 0 Å². The molecule has 2 aromatic rings. The van der Waals surface area contributed by atoms with E-state index in [0.717, 1.165) is 42.9 Å². The molecule has 94 valence electrons. The number of benzene rings is 1. The Morgan fingerprint density at radius 1 is 1.22 bits per heavy atom. The van der Waals surface area contributed by atoms with Gasteiger partial charge >= 0.3 is 0 Å². The van der Waals surface area contributed by atoms with E-state index in [1.54, 1.807) is 0 Å². The monoisotopic (exact) mass is 243 g/mol. The first-order chi connectivity index (χ1) is 8.78. The summed E-state index contributed by atoms with van der Waals surface area (Å²) in [7, 11) is 0. The number of aromatic nitrogens is 2. The topological polar surface area (TPSA) is 81.1 Å². The number of fused-ring (bicyclic) bond motifs is 1. The highest BCUT2D eigenvalue weighted by molar-refractivity contribution is 5.79. The van der Waals surface area contributed by atoms with E-state index < -0.39 is 0 Å². The summed E-state index contributed by atoms with van der Waals surface area (Å²) in [5.74, 6) is 1.84. The van der Waals surface area contributed by atoms with E-state index >= 15 is 0 Å². The summed E-state index contributed by atoms with van der Waals surface area (Å²) >= 11 is 0. The fourth-order valence-electron chi connectivity index (χ4n) is 2.45. The molecule has 0 spiro atoms. The Kier molecular flexibility index (Phi) is 2.76. The quantitative estimate of drug-likeness (QED) is 0.822. The maximum absolute atomic E-state index is 6.01. The zero-order chi connectivity index (χ0) is 12.5. The summed E-state index contributed by atoms with van der Waals surface area (Å²) in [4.78, 5) is 11.2. The fraction of sp³-hybridized carbons (Fsp3) is 0.385. The number of para-hydroxylation sites is 2. The van der Waals surface area contributed by atoms with Crippen LogP contribution in [0.25, 0.3) is 11.0 Å². The van der Waals surface area contributed by atoms with Gasteiger partial charge < -0.3 is 16.4 Å². The number of rotatable bonds is 2. The minimum atomic E-state index is 0.506. The van der Waals surface area contributed by atoms with Gasteiger partial charge in [-0.2, -0.15) is 0 Å². The van der Waals surface area contributed by atoms with Crippen molar-refractivity contribution >= 4 is 22.7 Å². The zero-order valence-corrected chi connectivity index (χ0v) is 10.2. The van der Waals surface area contributed by atoms with Crippen molar-refractivity contribution in [1.29, 1.82) is 0 Å². The van der Waals surface area contributed by atoms with E-state index in [0.29, 0.717) is 11.7 Å². The van der Waals surface area contributed by atoms with Crippen molar-refractivity contribution in [1.82, 2.24) is 9.97 Å². The van der Waals surface area contributed by atoms with Crippen molar-refractivity contribution in [3.8, 4) is 0 Å². The number of nitrogens with zero attached hydrogens (tertiary/aromatic N) is 3. The standard InChI is InChI=1S/C13H17N5/c14-7-9-5-6-18(8-9)13-12(15)16-10-3-1-2-4-11(10)17-13/h1-4,9H,5-8,14H2,(H2,15,16)/t9-/m0/s1. The van der Waals surface area contributed by atoms with Gasteiger partial charge in [-0.05, 0) is 31.0 Å². The molecule has 1 fully saturated rings. The average molecular weight is 243 g/mol. The predicted octanol–water partition coefficient (Wildman–Crippen LogP) is 0.997. The summed E-state index contributed by atoms with van der Waals surface area (Å²) in [5.41, 5.74) is 13.4. The number of hydrogen-bond donors (Lipinski definition) is 2. The first-order valence-corrected chi connectivity index (χ1v) is 6.25. The Bertz CT molecular complexity index is 568. The lowest BCUT2D eigenvalue weighted by molar-refractivity contribution is 0.602. The van der Waals surface area contributed by atoms with Crippen LogP contribution in [0.15, 0.2) is 24.3 Å². The smallest absolute Gasteiger partial charge is 0.172 e. The minimum absolute atomic E-state index is 0.506. The third-order valence-electron chi connectivity index (χ3n) is 3.50. The Hall–Kier alpha value is -1.88. The predicted molar refractivity (Wildman–Crippen MR) is 73.3 cm³/mol. The molecule has 4 N–H and O–H groups in total. The van der Waals surface area contributed by atoms with Crippen molar-refractivity contribution in [2.24, 2.45) is 11.7 Å². The van der Waals surface area contributed by atoms with Gasteiger partial charge in [-0.1, -0.05) is 12.1 Å². The molecule has 5 nitrogen and oxygen atoms in total. The highest BCUT2D eigenvalue weighted by Gasteiger charge is 2.24. The SMILES string of the molecule is NC[C@@H]1CCN(c2nc3ccccc3nc2N)C1. The van der Waals surface area contributed by atoms with Gasteiger partial charge in [0.15, 0.2) is 11.6 Å². The molecule has 0 unspecified atom stereocenters. The van der Waals surface area contributed by atoms with Crippen LogP contribution in [0.1, 0.15) is 6.42 Å². The second-order valence-corrected chi connectivity index (χ2v) is 4.76. The molecule has 0 saturated carbocycles. The molecule has 1 aliphatic heterocycles. The lowest BCUT2D eigenvalue weighted by Crippen LogP contribution is -2.24. The molecule has 1 atom stereocenters. The van der Waals surface area contributed by atoms with Crippen LogP contribution in [0, 0.1) is 5.92 Å². The van der Waals surface area contributed by atoms with Crippen LogP contribution in [0.3, 0.4) is 0 Å². The molecule has 2 heterocycles. The van der Waals surface area contributed by atoms with E-state index in [-0.39, 0.29) is 0 Å². The Labute approximate surface area is 106 Å². The van der Waals surface area contributed by atoms with E-state index in [2.05, 4.69) is 14.9 Å². The summed E-state index contributed by atoms with van der Waals surface area (Å²) in [5, 5.41) is 0. The fourth-order valence-corrected chi connectivity index (χ4v) is 2.45. The highest BCUT2D eigenvalue weighted by atomic mass is 15.2. The summed E-state index contributed by atoms with van der Waals surface area (Å²) in [6, 6.07) is 7.79. The third kappa shape index (κ3) is 1.86. The second kappa shape index (κ2) is 4.42. The van der Waals surface area contributed by atoms with Crippen LogP contribution < -0.4 is 16.4 Å². The summed E-state index contributed by atoms with van der Waals surface area (Å²) < 4.78 is 0. The number of anilines is 2. The van der Waals surface area contributed by atoms with Crippen molar-refractivity contribution in [3.63, 3.8) is 0 Å².